The summed E-state index contributed by atoms with van der Waals surface area (Å²) in [5.41, 5.74) is 0. The minimum absolute atomic E-state index is 0.0479. The van der Waals surface area contributed by atoms with E-state index in [1.807, 2.05) is 4.90 Å². The van der Waals surface area contributed by atoms with Crippen LogP contribution in [0.15, 0.2) is 0 Å². The molecule has 1 aliphatic heterocycles. The van der Waals surface area contributed by atoms with Crippen LogP contribution in [-0.4, -0.2) is 55.5 Å². The lowest BCUT2D eigenvalue weighted by Gasteiger charge is -2.38. The summed E-state index contributed by atoms with van der Waals surface area (Å²) in [6.45, 7) is 7.07. The van der Waals surface area contributed by atoms with Crippen LogP contribution in [0.5, 0.6) is 0 Å². The number of alkyl halides is 2. The summed E-state index contributed by atoms with van der Waals surface area (Å²) in [5, 5.41) is 0. The quantitative estimate of drug-likeness (QED) is 0.767. The minimum atomic E-state index is -2.19. The predicted octanol–water partition coefficient (Wildman–Crippen LogP) is 2.70. The van der Waals surface area contributed by atoms with Crippen molar-refractivity contribution in [3.05, 3.63) is 0 Å². The Hall–Kier alpha value is -0.220. The van der Waals surface area contributed by atoms with Gasteiger partial charge in [-0.25, -0.2) is 8.78 Å². The van der Waals surface area contributed by atoms with Gasteiger partial charge in [0.25, 0.3) is 6.43 Å². The van der Waals surface area contributed by atoms with Crippen molar-refractivity contribution in [2.24, 2.45) is 11.8 Å². The second-order valence-corrected chi connectivity index (χ2v) is 6.01. The van der Waals surface area contributed by atoms with Crippen molar-refractivity contribution in [2.75, 3.05) is 39.3 Å². The van der Waals surface area contributed by atoms with E-state index in [-0.39, 0.29) is 6.54 Å². The lowest BCUT2D eigenvalue weighted by Crippen LogP contribution is -2.49. The Bertz CT molecular complexity index is 240. The summed E-state index contributed by atoms with van der Waals surface area (Å²) in [7, 11) is 0. The molecule has 0 bridgehead atoms. The number of nitrogens with zero attached hydrogens (tertiary/aromatic N) is 2. The number of hydrogen-bond donors (Lipinski definition) is 0. The molecule has 0 amide bonds. The number of piperazine rings is 1. The molecule has 2 nitrogen and oxygen atoms in total. The Balaban J connectivity index is 1.69. The third-order valence-corrected chi connectivity index (χ3v) is 4.64. The van der Waals surface area contributed by atoms with Crippen molar-refractivity contribution < 1.29 is 8.78 Å². The van der Waals surface area contributed by atoms with Gasteiger partial charge >= 0.3 is 0 Å². The highest BCUT2D eigenvalue weighted by atomic mass is 19.3. The molecule has 1 aliphatic carbocycles. The van der Waals surface area contributed by atoms with Crippen molar-refractivity contribution in [1.29, 1.82) is 0 Å². The topological polar surface area (TPSA) is 6.48 Å². The Morgan fingerprint density at radius 3 is 2.22 bits per heavy atom. The van der Waals surface area contributed by atoms with E-state index in [4.69, 9.17) is 0 Å². The average molecular weight is 260 g/mol. The Labute approximate surface area is 109 Å². The maximum absolute atomic E-state index is 12.3. The fourth-order valence-corrected chi connectivity index (χ4v) is 3.35. The third kappa shape index (κ3) is 4.16. The first-order chi connectivity index (χ1) is 8.65. The monoisotopic (exact) mass is 260 g/mol. The summed E-state index contributed by atoms with van der Waals surface area (Å²) in [6.07, 6.45) is 3.31. The molecule has 0 radical (unpaired) electrons. The van der Waals surface area contributed by atoms with Gasteiger partial charge in [-0.3, -0.25) is 4.90 Å². The summed E-state index contributed by atoms with van der Waals surface area (Å²) in [6, 6.07) is 0. The lowest BCUT2D eigenvalue weighted by atomic mass is 9.80. The molecular weight excluding hydrogens is 234 g/mol. The zero-order valence-corrected chi connectivity index (χ0v) is 11.5. The van der Waals surface area contributed by atoms with Crippen molar-refractivity contribution >= 4 is 0 Å². The molecule has 0 N–H and O–H groups in total. The molecule has 0 aromatic carbocycles. The highest BCUT2D eigenvalue weighted by Gasteiger charge is 2.26. The largest absolute Gasteiger partial charge is 0.301 e. The van der Waals surface area contributed by atoms with Gasteiger partial charge in [-0.2, -0.15) is 0 Å². The Morgan fingerprint density at radius 1 is 1.00 bits per heavy atom. The predicted molar refractivity (Wildman–Crippen MR) is 70.0 cm³/mol. The molecule has 1 heterocycles. The smallest absolute Gasteiger partial charge is 0.251 e. The zero-order chi connectivity index (χ0) is 13.0. The van der Waals surface area contributed by atoms with E-state index in [2.05, 4.69) is 11.8 Å². The molecule has 1 saturated carbocycles. The van der Waals surface area contributed by atoms with Crippen LogP contribution in [0.2, 0.25) is 0 Å². The van der Waals surface area contributed by atoms with Crippen molar-refractivity contribution in [1.82, 2.24) is 9.80 Å². The van der Waals surface area contributed by atoms with E-state index in [1.165, 1.54) is 32.2 Å². The molecule has 2 fully saturated rings. The Kier molecular flexibility index (Phi) is 5.37. The van der Waals surface area contributed by atoms with Gasteiger partial charge in [-0.15, -0.1) is 0 Å². The van der Waals surface area contributed by atoms with Crippen molar-refractivity contribution in [3.63, 3.8) is 0 Å². The second-order valence-electron chi connectivity index (χ2n) is 6.01. The van der Waals surface area contributed by atoms with E-state index >= 15 is 0 Å². The number of hydrogen-bond acceptors (Lipinski definition) is 2. The summed E-state index contributed by atoms with van der Waals surface area (Å²) >= 11 is 0. The van der Waals surface area contributed by atoms with Crippen LogP contribution < -0.4 is 0 Å². The summed E-state index contributed by atoms with van der Waals surface area (Å²) in [4.78, 5) is 4.37. The number of rotatable bonds is 4. The van der Waals surface area contributed by atoms with Gasteiger partial charge in [0.2, 0.25) is 0 Å². The molecule has 18 heavy (non-hydrogen) atoms. The number of halogens is 2. The molecule has 2 atom stereocenters. The summed E-state index contributed by atoms with van der Waals surface area (Å²) in [5.74, 6) is 1.68. The maximum atomic E-state index is 12.3. The van der Waals surface area contributed by atoms with Gasteiger partial charge in [0.15, 0.2) is 0 Å². The first-order valence-corrected chi connectivity index (χ1v) is 7.38. The van der Waals surface area contributed by atoms with Crippen LogP contribution in [0.1, 0.15) is 32.6 Å². The molecule has 2 aliphatic rings. The molecule has 0 aromatic heterocycles. The van der Waals surface area contributed by atoms with Crippen LogP contribution in [0.4, 0.5) is 8.78 Å². The van der Waals surface area contributed by atoms with Crippen LogP contribution >= 0.6 is 0 Å². The van der Waals surface area contributed by atoms with E-state index in [1.54, 1.807) is 0 Å². The van der Waals surface area contributed by atoms with E-state index < -0.39 is 6.43 Å². The SMILES string of the molecule is C[C@@H]1CCCC[C@H]1CN1CCN(CC(F)F)CC1. The first-order valence-electron chi connectivity index (χ1n) is 7.38. The average Bonchev–Trinajstić information content (AvgIpc) is 2.34. The minimum Gasteiger partial charge on any atom is -0.301 e. The highest BCUT2D eigenvalue weighted by molar-refractivity contribution is 4.79. The van der Waals surface area contributed by atoms with Crippen LogP contribution in [0.25, 0.3) is 0 Å². The fraction of sp³-hybridized carbons (Fsp3) is 1.00. The molecule has 0 aromatic rings. The first kappa shape index (κ1) is 14.2. The van der Waals surface area contributed by atoms with Gasteiger partial charge in [-0.1, -0.05) is 26.2 Å². The standard InChI is InChI=1S/C14H26F2N2/c1-12-4-2-3-5-13(12)10-17-6-8-18(9-7-17)11-14(15)16/h12-14H,2-11H2,1H3/t12-,13+/m1/s1. The van der Waals surface area contributed by atoms with Gasteiger partial charge in [0, 0.05) is 32.7 Å². The van der Waals surface area contributed by atoms with Crippen molar-refractivity contribution in [2.45, 2.75) is 39.0 Å². The van der Waals surface area contributed by atoms with Crippen molar-refractivity contribution in [3.8, 4) is 0 Å². The molecule has 1 saturated heterocycles. The Morgan fingerprint density at radius 2 is 1.61 bits per heavy atom. The lowest BCUT2D eigenvalue weighted by molar-refractivity contribution is 0.0462. The molecule has 0 unspecified atom stereocenters. The van der Waals surface area contributed by atoms with Crippen LogP contribution in [0, 0.1) is 11.8 Å². The third-order valence-electron chi connectivity index (χ3n) is 4.64. The normalized spacial score (nSPS) is 32.0. The summed E-state index contributed by atoms with van der Waals surface area (Å²) < 4.78 is 24.6. The van der Waals surface area contributed by atoms with E-state index in [9.17, 15) is 8.78 Å². The molecular formula is C14H26F2N2. The van der Waals surface area contributed by atoms with E-state index in [0.29, 0.717) is 0 Å². The van der Waals surface area contributed by atoms with Crippen LogP contribution in [0.3, 0.4) is 0 Å². The fourth-order valence-electron chi connectivity index (χ4n) is 3.35. The van der Waals surface area contributed by atoms with Gasteiger partial charge in [0.05, 0.1) is 6.54 Å². The van der Waals surface area contributed by atoms with Crippen LogP contribution in [-0.2, 0) is 0 Å². The highest BCUT2D eigenvalue weighted by Crippen LogP contribution is 2.30. The maximum Gasteiger partial charge on any atom is 0.251 e. The van der Waals surface area contributed by atoms with Gasteiger partial charge in [-0.05, 0) is 18.3 Å². The zero-order valence-electron chi connectivity index (χ0n) is 11.5. The van der Waals surface area contributed by atoms with Gasteiger partial charge < -0.3 is 4.90 Å². The molecule has 2 rings (SSSR count). The molecule has 0 spiro atoms. The molecule has 4 heteroatoms. The molecule has 106 valence electrons. The van der Waals surface area contributed by atoms with Gasteiger partial charge in [0.1, 0.15) is 0 Å². The van der Waals surface area contributed by atoms with E-state index in [0.717, 1.165) is 38.0 Å². The second kappa shape index (κ2) is 6.80.